The Morgan fingerprint density at radius 1 is 1.00 bits per heavy atom. The second-order valence-corrected chi connectivity index (χ2v) is 4.27. The number of alkyl halides is 3. The molecule has 0 aliphatic rings. The van der Waals surface area contributed by atoms with Crippen molar-refractivity contribution >= 4 is 17.2 Å². The van der Waals surface area contributed by atoms with Gasteiger partial charge < -0.3 is 5.32 Å². The minimum absolute atomic E-state index is 0.128. The molecule has 20 heavy (non-hydrogen) atoms. The summed E-state index contributed by atoms with van der Waals surface area (Å²) in [6, 6.07) is 12.4. The van der Waals surface area contributed by atoms with Gasteiger partial charge in [0, 0.05) is 11.3 Å². The number of carbonyl (C=O) groups excluding carboxylic acids is 1. The molecule has 0 atom stereocenters. The summed E-state index contributed by atoms with van der Waals surface area (Å²) in [5.41, 5.74) is -0.870. The molecule has 2 nitrogen and oxygen atoms in total. The molecule has 0 bridgehead atoms. The van der Waals surface area contributed by atoms with Crippen LogP contribution < -0.4 is 5.32 Å². The van der Waals surface area contributed by atoms with Crippen molar-refractivity contribution < 1.29 is 18.0 Å². The predicted molar refractivity (Wildman–Crippen MR) is 71.2 cm³/mol. The van der Waals surface area contributed by atoms with Gasteiger partial charge >= 0.3 is 6.18 Å². The van der Waals surface area contributed by atoms with Crippen LogP contribution in [-0.2, 0) is 6.18 Å². The molecule has 0 aliphatic heterocycles. The highest BCUT2D eigenvalue weighted by molar-refractivity contribution is 5.97. The van der Waals surface area contributed by atoms with Crippen molar-refractivity contribution in [3.05, 3.63) is 59.7 Å². The van der Waals surface area contributed by atoms with Gasteiger partial charge in [-0.25, -0.2) is 0 Å². The molecule has 0 aromatic heterocycles. The van der Waals surface area contributed by atoms with E-state index in [0.717, 1.165) is 6.92 Å². The molecular weight excluding hydrogens is 267 g/mol. The lowest BCUT2D eigenvalue weighted by Crippen LogP contribution is -2.14. The Bertz CT molecular complexity index is 621. The van der Waals surface area contributed by atoms with Gasteiger partial charge in [-0.05, 0) is 25.1 Å². The van der Waals surface area contributed by atoms with E-state index >= 15 is 0 Å². The number of hydrogen-bond donors (Lipinski definition) is 1. The fraction of sp³-hybridized carbons (Fsp3) is 0.133. The molecule has 0 radical (unpaired) electrons. The van der Waals surface area contributed by atoms with Crippen molar-refractivity contribution in [1.29, 1.82) is 0 Å². The predicted octanol–water partition coefficient (Wildman–Crippen LogP) is 4.65. The molecule has 2 rings (SSSR count). The van der Waals surface area contributed by atoms with Gasteiger partial charge in [0.1, 0.15) is 0 Å². The van der Waals surface area contributed by atoms with Gasteiger partial charge in [-0.2, -0.15) is 13.2 Å². The molecule has 104 valence electrons. The number of ketones is 1. The Morgan fingerprint density at radius 2 is 1.65 bits per heavy atom. The normalized spacial score (nSPS) is 11.2. The molecule has 0 fully saturated rings. The molecule has 0 saturated carbocycles. The Kier molecular flexibility index (Phi) is 3.79. The average molecular weight is 279 g/mol. The Labute approximate surface area is 114 Å². The molecule has 0 spiro atoms. The number of anilines is 2. The molecule has 0 aliphatic carbocycles. The largest absolute Gasteiger partial charge is 0.419 e. The molecule has 2 aromatic rings. The maximum absolute atomic E-state index is 13.2. The first-order valence-corrected chi connectivity index (χ1v) is 5.93. The lowest BCUT2D eigenvalue weighted by Gasteiger charge is -2.17. The molecular formula is C15H12F3NO. The first-order valence-electron chi connectivity index (χ1n) is 5.93. The minimum Gasteiger partial charge on any atom is -0.355 e. The van der Waals surface area contributed by atoms with Gasteiger partial charge in [-0.15, -0.1) is 0 Å². The molecule has 0 heterocycles. The van der Waals surface area contributed by atoms with E-state index in [1.54, 1.807) is 30.3 Å². The first kappa shape index (κ1) is 14.1. The smallest absolute Gasteiger partial charge is 0.355 e. The summed E-state index contributed by atoms with van der Waals surface area (Å²) in [7, 11) is 0. The highest BCUT2D eigenvalue weighted by atomic mass is 19.4. The number of carbonyl (C=O) groups is 1. The zero-order valence-corrected chi connectivity index (χ0v) is 10.7. The highest BCUT2D eigenvalue weighted by Crippen LogP contribution is 2.38. The SMILES string of the molecule is CC(=O)c1cccc(Nc2ccccc2)c1C(F)(F)F. The van der Waals surface area contributed by atoms with Crippen LogP contribution in [0.5, 0.6) is 0 Å². The van der Waals surface area contributed by atoms with Crippen LogP contribution >= 0.6 is 0 Å². The summed E-state index contributed by atoms with van der Waals surface area (Å²) >= 11 is 0. The number of Topliss-reactive ketones (excluding diaryl/α,β-unsaturated/α-hetero) is 1. The van der Waals surface area contributed by atoms with Crippen molar-refractivity contribution in [2.45, 2.75) is 13.1 Å². The third-order valence-corrected chi connectivity index (χ3v) is 2.78. The van der Waals surface area contributed by atoms with Gasteiger partial charge in [0.05, 0.1) is 11.3 Å². The Morgan fingerprint density at radius 3 is 2.20 bits per heavy atom. The van der Waals surface area contributed by atoms with E-state index in [-0.39, 0.29) is 11.3 Å². The lowest BCUT2D eigenvalue weighted by molar-refractivity contribution is -0.137. The molecule has 0 unspecified atom stereocenters. The van der Waals surface area contributed by atoms with E-state index < -0.39 is 17.5 Å². The van der Waals surface area contributed by atoms with Crippen LogP contribution in [0.2, 0.25) is 0 Å². The Balaban J connectivity index is 2.53. The van der Waals surface area contributed by atoms with Gasteiger partial charge in [0.25, 0.3) is 0 Å². The van der Waals surface area contributed by atoms with E-state index in [2.05, 4.69) is 5.32 Å². The summed E-state index contributed by atoms with van der Waals surface area (Å²) in [5, 5.41) is 2.70. The Hall–Kier alpha value is -2.30. The summed E-state index contributed by atoms with van der Waals surface area (Å²) in [6.07, 6.45) is -4.60. The summed E-state index contributed by atoms with van der Waals surface area (Å²) < 4.78 is 39.5. The maximum atomic E-state index is 13.2. The second kappa shape index (κ2) is 5.36. The van der Waals surface area contributed by atoms with Crippen molar-refractivity contribution in [2.24, 2.45) is 0 Å². The number of rotatable bonds is 3. The monoisotopic (exact) mass is 279 g/mol. The topological polar surface area (TPSA) is 29.1 Å². The van der Waals surface area contributed by atoms with Crippen LogP contribution in [0.25, 0.3) is 0 Å². The van der Waals surface area contributed by atoms with Gasteiger partial charge in [0.2, 0.25) is 0 Å². The number of nitrogens with one attached hydrogen (secondary N) is 1. The minimum atomic E-state index is -4.60. The lowest BCUT2D eigenvalue weighted by atomic mass is 10.0. The van der Waals surface area contributed by atoms with E-state index in [1.807, 2.05) is 0 Å². The number of halogens is 3. The fourth-order valence-corrected chi connectivity index (χ4v) is 1.93. The van der Waals surface area contributed by atoms with E-state index in [4.69, 9.17) is 0 Å². The second-order valence-electron chi connectivity index (χ2n) is 4.27. The van der Waals surface area contributed by atoms with Gasteiger partial charge in [-0.3, -0.25) is 4.79 Å². The van der Waals surface area contributed by atoms with Crippen LogP contribution in [0.4, 0.5) is 24.5 Å². The van der Waals surface area contributed by atoms with E-state index in [9.17, 15) is 18.0 Å². The van der Waals surface area contributed by atoms with E-state index in [0.29, 0.717) is 5.69 Å². The molecule has 1 N–H and O–H groups in total. The summed E-state index contributed by atoms with van der Waals surface area (Å²) in [5.74, 6) is -0.617. The highest BCUT2D eigenvalue weighted by Gasteiger charge is 2.37. The maximum Gasteiger partial charge on any atom is 0.419 e. The van der Waals surface area contributed by atoms with Crippen LogP contribution in [-0.4, -0.2) is 5.78 Å². The zero-order valence-electron chi connectivity index (χ0n) is 10.7. The van der Waals surface area contributed by atoms with Crippen LogP contribution in [0.1, 0.15) is 22.8 Å². The van der Waals surface area contributed by atoms with Crippen LogP contribution in [0.15, 0.2) is 48.5 Å². The summed E-state index contributed by atoms with van der Waals surface area (Å²) in [6.45, 7) is 1.12. The molecule has 0 saturated heterocycles. The molecule has 0 amide bonds. The fourth-order valence-electron chi connectivity index (χ4n) is 1.93. The van der Waals surface area contributed by atoms with Crippen LogP contribution in [0.3, 0.4) is 0 Å². The van der Waals surface area contributed by atoms with Crippen molar-refractivity contribution in [3.8, 4) is 0 Å². The zero-order chi connectivity index (χ0) is 14.8. The van der Waals surface area contributed by atoms with Crippen LogP contribution in [0, 0.1) is 0 Å². The first-order chi connectivity index (χ1) is 9.39. The number of para-hydroxylation sites is 1. The number of hydrogen-bond acceptors (Lipinski definition) is 2. The van der Waals surface area contributed by atoms with Gasteiger partial charge in [0.15, 0.2) is 5.78 Å². The summed E-state index contributed by atoms with van der Waals surface area (Å²) in [4.78, 5) is 11.4. The quantitative estimate of drug-likeness (QED) is 0.828. The third kappa shape index (κ3) is 2.99. The van der Waals surface area contributed by atoms with E-state index in [1.165, 1.54) is 18.2 Å². The van der Waals surface area contributed by atoms with Gasteiger partial charge in [-0.1, -0.05) is 30.3 Å². The molecule has 5 heteroatoms. The standard InChI is InChI=1S/C15H12F3NO/c1-10(20)12-8-5-9-13(14(12)15(16,17)18)19-11-6-3-2-4-7-11/h2-9,19H,1H3. The van der Waals surface area contributed by atoms with Crippen molar-refractivity contribution in [1.82, 2.24) is 0 Å². The average Bonchev–Trinajstić information content (AvgIpc) is 2.38. The molecule has 2 aromatic carbocycles. The van der Waals surface area contributed by atoms with Crippen molar-refractivity contribution in [2.75, 3.05) is 5.32 Å². The third-order valence-electron chi connectivity index (χ3n) is 2.78. The number of benzene rings is 2. The van der Waals surface area contributed by atoms with Crippen molar-refractivity contribution in [3.63, 3.8) is 0 Å².